The largest absolute Gasteiger partial charge is 0.478 e. The first-order valence-corrected chi connectivity index (χ1v) is 9.20. The third kappa shape index (κ3) is 4.31. The predicted octanol–water partition coefficient (Wildman–Crippen LogP) is 4.40. The summed E-state index contributed by atoms with van der Waals surface area (Å²) < 4.78 is 5.58. The molecule has 0 amide bonds. The molecule has 0 bridgehead atoms. The standard InChI is InChI=1S/C22H24O4/c23-21(24)20(18-14-8-3-9-15-18)26-22(25)19(16-10-4-1-5-11-16)17-12-6-2-7-13-17/h1-2,4-7,10-13,18-20H,3,8-9,14-15H2,(H,23,24)/t20-/m1/s1. The van der Waals surface area contributed by atoms with Gasteiger partial charge < -0.3 is 9.84 Å². The van der Waals surface area contributed by atoms with E-state index in [-0.39, 0.29) is 5.92 Å². The fraction of sp³-hybridized carbons (Fsp3) is 0.364. The highest BCUT2D eigenvalue weighted by Crippen LogP contribution is 2.31. The topological polar surface area (TPSA) is 63.6 Å². The molecule has 0 unspecified atom stereocenters. The Bertz CT molecular complexity index is 681. The Morgan fingerprint density at radius 2 is 1.35 bits per heavy atom. The van der Waals surface area contributed by atoms with Crippen molar-refractivity contribution in [1.29, 1.82) is 0 Å². The highest BCUT2D eigenvalue weighted by Gasteiger charge is 2.35. The summed E-state index contributed by atoms with van der Waals surface area (Å²) in [5, 5.41) is 9.62. The van der Waals surface area contributed by atoms with E-state index in [2.05, 4.69) is 0 Å². The van der Waals surface area contributed by atoms with Crippen molar-refractivity contribution in [2.45, 2.75) is 44.1 Å². The van der Waals surface area contributed by atoms with Crippen LogP contribution in [0.4, 0.5) is 0 Å². The molecule has 26 heavy (non-hydrogen) atoms. The van der Waals surface area contributed by atoms with Crippen LogP contribution in [-0.4, -0.2) is 23.1 Å². The molecule has 1 N–H and O–H groups in total. The molecule has 0 radical (unpaired) electrons. The first kappa shape index (κ1) is 18.2. The van der Waals surface area contributed by atoms with Gasteiger partial charge in [0.25, 0.3) is 0 Å². The molecule has 1 aliphatic carbocycles. The van der Waals surface area contributed by atoms with E-state index in [1.165, 1.54) is 0 Å². The lowest BCUT2D eigenvalue weighted by Gasteiger charge is -2.28. The Morgan fingerprint density at radius 3 is 1.81 bits per heavy atom. The summed E-state index contributed by atoms with van der Waals surface area (Å²) in [6.07, 6.45) is 3.63. The van der Waals surface area contributed by atoms with Crippen LogP contribution in [0.25, 0.3) is 0 Å². The summed E-state index contributed by atoms with van der Waals surface area (Å²) in [5.41, 5.74) is 1.60. The van der Waals surface area contributed by atoms with Gasteiger partial charge in [-0.15, -0.1) is 0 Å². The van der Waals surface area contributed by atoms with E-state index in [1.807, 2.05) is 60.7 Å². The molecule has 1 atom stereocenters. The number of carbonyl (C=O) groups is 2. The second-order valence-electron chi connectivity index (χ2n) is 6.85. The van der Waals surface area contributed by atoms with E-state index in [4.69, 9.17) is 4.74 Å². The summed E-state index contributed by atoms with van der Waals surface area (Å²) in [6.45, 7) is 0. The molecule has 2 aromatic rings. The molecule has 4 nitrogen and oxygen atoms in total. The molecule has 0 aromatic heterocycles. The van der Waals surface area contributed by atoms with Crippen molar-refractivity contribution in [3.8, 4) is 0 Å². The maximum atomic E-state index is 13.0. The average Bonchev–Trinajstić information content (AvgIpc) is 2.68. The van der Waals surface area contributed by atoms with Crippen LogP contribution in [0, 0.1) is 5.92 Å². The molecule has 0 heterocycles. The quantitative estimate of drug-likeness (QED) is 0.783. The van der Waals surface area contributed by atoms with Gasteiger partial charge >= 0.3 is 11.9 Å². The second kappa shape index (κ2) is 8.65. The molecule has 0 aliphatic heterocycles. The van der Waals surface area contributed by atoms with E-state index in [1.54, 1.807) is 0 Å². The third-order valence-electron chi connectivity index (χ3n) is 5.07. The van der Waals surface area contributed by atoms with Crippen LogP contribution in [0.5, 0.6) is 0 Å². The van der Waals surface area contributed by atoms with E-state index >= 15 is 0 Å². The number of carboxylic acid groups (broad SMARTS) is 1. The SMILES string of the molecule is O=C(O[C@@H](C(=O)O)C1CCCCC1)C(c1ccccc1)c1ccccc1. The number of esters is 1. The molecule has 2 aromatic carbocycles. The Morgan fingerprint density at radius 1 is 0.846 bits per heavy atom. The highest BCUT2D eigenvalue weighted by atomic mass is 16.6. The van der Waals surface area contributed by atoms with Crippen molar-refractivity contribution in [3.05, 3.63) is 71.8 Å². The van der Waals surface area contributed by atoms with Crippen LogP contribution in [0.3, 0.4) is 0 Å². The molecular formula is C22H24O4. The minimum Gasteiger partial charge on any atom is -0.478 e. The van der Waals surface area contributed by atoms with Crippen LogP contribution in [0.2, 0.25) is 0 Å². The van der Waals surface area contributed by atoms with Gasteiger partial charge in [0.2, 0.25) is 6.10 Å². The van der Waals surface area contributed by atoms with E-state index < -0.39 is 24.0 Å². The zero-order chi connectivity index (χ0) is 18.4. The molecule has 1 aliphatic rings. The Labute approximate surface area is 153 Å². The minimum absolute atomic E-state index is 0.0996. The van der Waals surface area contributed by atoms with Crippen molar-refractivity contribution < 1.29 is 19.4 Å². The van der Waals surface area contributed by atoms with Crippen LogP contribution in [-0.2, 0) is 14.3 Å². The highest BCUT2D eigenvalue weighted by molar-refractivity contribution is 5.85. The van der Waals surface area contributed by atoms with Crippen molar-refractivity contribution in [3.63, 3.8) is 0 Å². The third-order valence-corrected chi connectivity index (χ3v) is 5.07. The Balaban J connectivity index is 1.86. The van der Waals surface area contributed by atoms with Gasteiger partial charge in [-0.25, -0.2) is 4.79 Å². The molecule has 1 saturated carbocycles. The number of rotatable bonds is 6. The summed E-state index contributed by atoms with van der Waals surface area (Å²) in [6, 6.07) is 18.7. The fourth-order valence-corrected chi connectivity index (χ4v) is 3.73. The van der Waals surface area contributed by atoms with Gasteiger partial charge in [-0.1, -0.05) is 79.9 Å². The van der Waals surface area contributed by atoms with Crippen LogP contribution in [0.1, 0.15) is 49.1 Å². The summed E-state index contributed by atoms with van der Waals surface area (Å²) in [5.74, 6) is -2.27. The normalized spacial score (nSPS) is 16.2. The molecule has 3 rings (SSSR count). The lowest BCUT2D eigenvalue weighted by atomic mass is 9.85. The van der Waals surface area contributed by atoms with Crippen molar-refractivity contribution in [1.82, 2.24) is 0 Å². The second-order valence-corrected chi connectivity index (χ2v) is 6.85. The molecule has 1 fully saturated rings. The van der Waals surface area contributed by atoms with Crippen molar-refractivity contribution in [2.24, 2.45) is 5.92 Å². The van der Waals surface area contributed by atoms with Gasteiger partial charge in [0, 0.05) is 5.92 Å². The molecule has 0 saturated heterocycles. The summed E-state index contributed by atoms with van der Waals surface area (Å²) >= 11 is 0. The monoisotopic (exact) mass is 352 g/mol. The fourth-order valence-electron chi connectivity index (χ4n) is 3.73. The van der Waals surface area contributed by atoms with Crippen LogP contribution >= 0.6 is 0 Å². The average molecular weight is 352 g/mol. The zero-order valence-electron chi connectivity index (χ0n) is 14.7. The van der Waals surface area contributed by atoms with Crippen molar-refractivity contribution >= 4 is 11.9 Å². The van der Waals surface area contributed by atoms with Crippen molar-refractivity contribution in [2.75, 3.05) is 0 Å². The van der Waals surface area contributed by atoms with Gasteiger partial charge in [0.15, 0.2) is 0 Å². The van der Waals surface area contributed by atoms with E-state index in [0.29, 0.717) is 0 Å². The smallest absolute Gasteiger partial charge is 0.345 e. The lowest BCUT2D eigenvalue weighted by Crippen LogP contribution is -2.37. The van der Waals surface area contributed by atoms with E-state index in [0.717, 1.165) is 43.2 Å². The summed E-state index contributed by atoms with van der Waals surface area (Å²) in [4.78, 5) is 24.8. The number of benzene rings is 2. The number of aliphatic carboxylic acids is 1. The molecular weight excluding hydrogens is 328 g/mol. The first-order valence-electron chi connectivity index (χ1n) is 9.20. The van der Waals surface area contributed by atoms with Gasteiger partial charge in [-0.2, -0.15) is 0 Å². The Hall–Kier alpha value is -2.62. The predicted molar refractivity (Wildman–Crippen MR) is 98.8 cm³/mol. The number of hydrogen-bond acceptors (Lipinski definition) is 3. The number of carbonyl (C=O) groups excluding carboxylic acids is 1. The van der Waals surface area contributed by atoms with Gasteiger partial charge in [0.1, 0.15) is 5.92 Å². The van der Waals surface area contributed by atoms with Crippen LogP contribution < -0.4 is 0 Å². The number of ether oxygens (including phenoxy) is 1. The number of hydrogen-bond donors (Lipinski definition) is 1. The molecule has 136 valence electrons. The van der Waals surface area contributed by atoms with Gasteiger partial charge in [-0.05, 0) is 24.0 Å². The molecule has 0 spiro atoms. The first-order chi connectivity index (χ1) is 12.7. The Kier molecular flexibility index (Phi) is 6.05. The van der Waals surface area contributed by atoms with Gasteiger partial charge in [0.05, 0.1) is 0 Å². The summed E-state index contributed by atoms with van der Waals surface area (Å²) in [7, 11) is 0. The zero-order valence-corrected chi connectivity index (χ0v) is 14.7. The number of carboxylic acids is 1. The molecule has 4 heteroatoms. The van der Waals surface area contributed by atoms with Gasteiger partial charge in [-0.3, -0.25) is 4.79 Å². The minimum atomic E-state index is -1.07. The maximum Gasteiger partial charge on any atom is 0.345 e. The maximum absolute atomic E-state index is 13.0. The lowest BCUT2D eigenvalue weighted by molar-refractivity contribution is -0.169. The van der Waals surface area contributed by atoms with Crippen LogP contribution in [0.15, 0.2) is 60.7 Å². The van der Waals surface area contributed by atoms with E-state index in [9.17, 15) is 14.7 Å².